The molecule has 1 unspecified atom stereocenters. The Morgan fingerprint density at radius 3 is 2.33 bits per heavy atom. The first-order valence-electron chi connectivity index (χ1n) is 6.51. The van der Waals surface area contributed by atoms with Crippen LogP contribution in [0.5, 0.6) is 0 Å². The Balaban J connectivity index is 3.03. The van der Waals surface area contributed by atoms with Crippen LogP contribution < -0.4 is 4.72 Å². The summed E-state index contributed by atoms with van der Waals surface area (Å²) in [5.74, 6) is -1.69. The lowest BCUT2D eigenvalue weighted by molar-refractivity contribution is -0.140. The molecule has 0 bridgehead atoms. The highest BCUT2D eigenvalue weighted by Gasteiger charge is 2.27. The standard InChI is InChI=1S/C14H19NO5S/c1-4-11(16)8-13(14(17)18)15-21(19,20)12-6-5-9(2)10(3)7-12/h5-7,13,15H,4,8H2,1-3H3,(H,17,18). The number of benzene rings is 1. The largest absolute Gasteiger partial charge is 0.480 e. The van der Waals surface area contributed by atoms with Crippen LogP contribution in [0, 0.1) is 13.8 Å². The summed E-state index contributed by atoms with van der Waals surface area (Å²) in [7, 11) is -3.98. The van der Waals surface area contributed by atoms with E-state index in [9.17, 15) is 18.0 Å². The number of carbonyl (C=O) groups excluding carboxylic acids is 1. The number of sulfonamides is 1. The van der Waals surface area contributed by atoms with Crippen LogP contribution >= 0.6 is 0 Å². The zero-order valence-corrected chi connectivity index (χ0v) is 13.0. The van der Waals surface area contributed by atoms with Crippen molar-refractivity contribution in [1.82, 2.24) is 4.72 Å². The number of aliphatic carboxylic acids is 1. The third kappa shape index (κ3) is 4.64. The van der Waals surface area contributed by atoms with Gasteiger partial charge in [0.2, 0.25) is 10.0 Å². The van der Waals surface area contributed by atoms with E-state index in [0.717, 1.165) is 11.1 Å². The zero-order chi connectivity index (χ0) is 16.2. The Morgan fingerprint density at radius 2 is 1.86 bits per heavy atom. The molecule has 21 heavy (non-hydrogen) atoms. The van der Waals surface area contributed by atoms with Gasteiger partial charge in [0.15, 0.2) is 0 Å². The molecule has 7 heteroatoms. The number of rotatable bonds is 7. The van der Waals surface area contributed by atoms with Gasteiger partial charge >= 0.3 is 5.97 Å². The van der Waals surface area contributed by atoms with E-state index in [-0.39, 0.29) is 23.5 Å². The molecule has 0 fully saturated rings. The summed E-state index contributed by atoms with van der Waals surface area (Å²) < 4.78 is 26.5. The van der Waals surface area contributed by atoms with Crippen molar-refractivity contribution in [3.8, 4) is 0 Å². The summed E-state index contributed by atoms with van der Waals surface area (Å²) in [6.45, 7) is 5.21. The van der Waals surface area contributed by atoms with Gasteiger partial charge in [0.05, 0.1) is 4.90 Å². The molecule has 1 atom stereocenters. The third-order valence-electron chi connectivity index (χ3n) is 3.21. The second-order valence-corrected chi connectivity index (χ2v) is 6.57. The van der Waals surface area contributed by atoms with Crippen LogP contribution in [-0.2, 0) is 19.6 Å². The number of carboxylic acid groups (broad SMARTS) is 1. The van der Waals surface area contributed by atoms with Crippen molar-refractivity contribution in [1.29, 1.82) is 0 Å². The van der Waals surface area contributed by atoms with Crippen molar-refractivity contribution in [2.75, 3.05) is 0 Å². The molecule has 0 aliphatic carbocycles. The predicted octanol–water partition coefficient (Wildman–Crippen LogP) is 1.40. The predicted molar refractivity (Wildman–Crippen MR) is 77.6 cm³/mol. The normalized spacial score (nSPS) is 12.9. The minimum Gasteiger partial charge on any atom is -0.480 e. The van der Waals surface area contributed by atoms with Gasteiger partial charge < -0.3 is 5.11 Å². The first-order valence-corrected chi connectivity index (χ1v) is 7.99. The molecule has 0 radical (unpaired) electrons. The Hall–Kier alpha value is -1.73. The number of nitrogens with one attached hydrogen (secondary N) is 1. The van der Waals surface area contributed by atoms with Crippen LogP contribution in [0.2, 0.25) is 0 Å². The average molecular weight is 313 g/mol. The Kier molecular flexibility index (Phi) is 5.62. The fourth-order valence-corrected chi connectivity index (χ4v) is 2.96. The molecule has 0 aromatic heterocycles. The molecule has 0 saturated heterocycles. The number of ketones is 1. The molecule has 116 valence electrons. The summed E-state index contributed by atoms with van der Waals surface area (Å²) in [6.07, 6.45) is -0.203. The number of carbonyl (C=O) groups is 2. The monoisotopic (exact) mass is 313 g/mol. The maximum atomic E-state index is 12.2. The molecule has 0 amide bonds. The van der Waals surface area contributed by atoms with E-state index in [1.54, 1.807) is 19.9 Å². The van der Waals surface area contributed by atoms with Crippen LogP contribution in [-0.4, -0.2) is 31.3 Å². The quantitative estimate of drug-likeness (QED) is 0.792. The summed E-state index contributed by atoms with van der Waals surface area (Å²) in [6, 6.07) is 3.07. The molecule has 1 aromatic carbocycles. The van der Waals surface area contributed by atoms with Crippen molar-refractivity contribution in [3.63, 3.8) is 0 Å². The van der Waals surface area contributed by atoms with E-state index in [2.05, 4.69) is 4.72 Å². The lowest BCUT2D eigenvalue weighted by Crippen LogP contribution is -2.42. The summed E-state index contributed by atoms with van der Waals surface area (Å²) >= 11 is 0. The van der Waals surface area contributed by atoms with Gasteiger partial charge in [0.1, 0.15) is 11.8 Å². The number of Topliss-reactive ketones (excluding diaryl/α,β-unsaturated/α-hetero) is 1. The van der Waals surface area contributed by atoms with Crippen LogP contribution in [0.3, 0.4) is 0 Å². The molecule has 0 saturated carbocycles. The lowest BCUT2D eigenvalue weighted by atomic mass is 10.1. The lowest BCUT2D eigenvalue weighted by Gasteiger charge is -2.14. The maximum absolute atomic E-state index is 12.2. The minimum absolute atomic E-state index is 0.0132. The van der Waals surface area contributed by atoms with Crippen LogP contribution in [0.4, 0.5) is 0 Å². The first kappa shape index (κ1) is 17.3. The second-order valence-electron chi connectivity index (χ2n) is 4.85. The van der Waals surface area contributed by atoms with E-state index in [0.29, 0.717) is 0 Å². The Morgan fingerprint density at radius 1 is 1.24 bits per heavy atom. The van der Waals surface area contributed by atoms with Crippen molar-refractivity contribution in [3.05, 3.63) is 29.3 Å². The van der Waals surface area contributed by atoms with Crippen molar-refractivity contribution >= 4 is 21.8 Å². The highest BCUT2D eigenvalue weighted by atomic mass is 32.2. The second kappa shape index (κ2) is 6.82. The average Bonchev–Trinajstić information content (AvgIpc) is 2.40. The summed E-state index contributed by atoms with van der Waals surface area (Å²) in [4.78, 5) is 22.4. The molecular weight excluding hydrogens is 294 g/mol. The summed E-state index contributed by atoms with van der Waals surface area (Å²) in [5, 5.41) is 9.05. The summed E-state index contributed by atoms with van der Waals surface area (Å²) in [5.41, 5.74) is 1.72. The highest BCUT2D eigenvalue weighted by Crippen LogP contribution is 2.15. The van der Waals surface area contributed by atoms with Crippen LogP contribution in [0.15, 0.2) is 23.1 Å². The van der Waals surface area contributed by atoms with E-state index in [1.165, 1.54) is 12.1 Å². The smallest absolute Gasteiger partial charge is 0.322 e. The zero-order valence-electron chi connectivity index (χ0n) is 12.2. The molecule has 0 heterocycles. The first-order chi connectivity index (χ1) is 9.67. The van der Waals surface area contributed by atoms with Crippen molar-refractivity contribution in [2.24, 2.45) is 0 Å². The van der Waals surface area contributed by atoms with Crippen molar-refractivity contribution in [2.45, 2.75) is 44.6 Å². The molecule has 0 spiro atoms. The van der Waals surface area contributed by atoms with Gasteiger partial charge in [-0.1, -0.05) is 13.0 Å². The van der Waals surface area contributed by atoms with Crippen molar-refractivity contribution < 1.29 is 23.1 Å². The number of hydrogen-bond acceptors (Lipinski definition) is 4. The van der Waals surface area contributed by atoms with Gasteiger partial charge in [0.25, 0.3) is 0 Å². The molecular formula is C14H19NO5S. The van der Waals surface area contributed by atoms with E-state index >= 15 is 0 Å². The van der Waals surface area contributed by atoms with Crippen LogP contribution in [0.1, 0.15) is 30.9 Å². The minimum atomic E-state index is -3.98. The molecule has 6 nitrogen and oxygen atoms in total. The van der Waals surface area contributed by atoms with Crippen LogP contribution in [0.25, 0.3) is 0 Å². The fraction of sp³-hybridized carbons (Fsp3) is 0.429. The van der Waals surface area contributed by atoms with Gasteiger partial charge in [-0.3, -0.25) is 9.59 Å². The van der Waals surface area contributed by atoms with Gasteiger partial charge in [-0.05, 0) is 37.1 Å². The molecule has 0 aliphatic heterocycles. The molecule has 1 aromatic rings. The van der Waals surface area contributed by atoms with Gasteiger partial charge in [-0.25, -0.2) is 8.42 Å². The fourth-order valence-electron chi connectivity index (χ4n) is 1.69. The number of hydrogen-bond donors (Lipinski definition) is 2. The molecule has 2 N–H and O–H groups in total. The SMILES string of the molecule is CCC(=O)CC(NS(=O)(=O)c1ccc(C)c(C)c1)C(=O)O. The van der Waals surface area contributed by atoms with Gasteiger partial charge in [0, 0.05) is 12.8 Å². The van der Waals surface area contributed by atoms with Gasteiger partial charge in [-0.2, -0.15) is 4.72 Å². The number of aryl methyl sites for hydroxylation is 2. The van der Waals surface area contributed by atoms with E-state index in [4.69, 9.17) is 5.11 Å². The Bertz CT molecular complexity index is 651. The maximum Gasteiger partial charge on any atom is 0.322 e. The topological polar surface area (TPSA) is 101 Å². The van der Waals surface area contributed by atoms with E-state index in [1.807, 2.05) is 6.92 Å². The molecule has 0 aliphatic rings. The molecule has 1 rings (SSSR count). The Labute approximate surface area is 124 Å². The van der Waals surface area contributed by atoms with Gasteiger partial charge in [-0.15, -0.1) is 0 Å². The third-order valence-corrected chi connectivity index (χ3v) is 4.68. The highest BCUT2D eigenvalue weighted by molar-refractivity contribution is 7.89. The van der Waals surface area contributed by atoms with E-state index < -0.39 is 22.0 Å². The number of carboxylic acids is 1.